The molecule has 4 rings (SSSR count). The Balaban J connectivity index is 1.52. The van der Waals surface area contributed by atoms with Gasteiger partial charge < -0.3 is 10.2 Å². The Hall–Kier alpha value is -1.73. The number of rotatable bonds is 2. The monoisotopic (exact) mass is 398 g/mol. The molecule has 2 aliphatic heterocycles. The van der Waals surface area contributed by atoms with Crippen molar-refractivity contribution in [2.45, 2.75) is 77.1 Å². The van der Waals surface area contributed by atoms with Gasteiger partial charge >= 0.3 is 6.18 Å². The van der Waals surface area contributed by atoms with E-state index >= 15 is 0 Å². The largest absolute Gasteiger partial charge is 0.410 e. The summed E-state index contributed by atoms with van der Waals surface area (Å²) in [6, 6.07) is -0.0768. The van der Waals surface area contributed by atoms with Crippen molar-refractivity contribution in [1.82, 2.24) is 14.7 Å². The van der Waals surface area contributed by atoms with Gasteiger partial charge in [0, 0.05) is 37.0 Å². The van der Waals surface area contributed by atoms with Crippen LogP contribution in [0.2, 0.25) is 0 Å². The number of anilines is 1. The number of carbonyl (C=O) groups excluding carboxylic acids is 1. The van der Waals surface area contributed by atoms with Crippen LogP contribution in [0.4, 0.5) is 19.0 Å². The molecule has 0 bridgehead atoms. The molecule has 28 heavy (non-hydrogen) atoms. The van der Waals surface area contributed by atoms with E-state index in [0.29, 0.717) is 24.6 Å². The van der Waals surface area contributed by atoms with E-state index in [0.717, 1.165) is 30.4 Å². The molecule has 1 saturated carbocycles. The second-order valence-electron chi connectivity index (χ2n) is 9.63. The summed E-state index contributed by atoms with van der Waals surface area (Å²) in [7, 11) is 0. The molecule has 2 fully saturated rings. The molecule has 5 nitrogen and oxygen atoms in total. The van der Waals surface area contributed by atoms with E-state index in [4.69, 9.17) is 0 Å². The van der Waals surface area contributed by atoms with E-state index < -0.39 is 12.2 Å². The summed E-state index contributed by atoms with van der Waals surface area (Å²) >= 11 is 0. The normalized spacial score (nSPS) is 26.7. The molecule has 1 amide bonds. The Kier molecular flexibility index (Phi) is 4.66. The first-order valence-electron chi connectivity index (χ1n) is 10.3. The molecule has 1 aromatic heterocycles. The van der Waals surface area contributed by atoms with Gasteiger partial charge in [0.2, 0.25) is 5.91 Å². The number of nitrogens with one attached hydrogen (secondary N) is 1. The highest BCUT2D eigenvalue weighted by atomic mass is 19.4. The van der Waals surface area contributed by atoms with Crippen molar-refractivity contribution in [1.29, 1.82) is 0 Å². The van der Waals surface area contributed by atoms with Crippen molar-refractivity contribution in [2.24, 2.45) is 11.3 Å². The van der Waals surface area contributed by atoms with Crippen LogP contribution in [0.25, 0.3) is 0 Å². The van der Waals surface area contributed by atoms with Gasteiger partial charge in [-0.25, -0.2) is 4.68 Å². The molecule has 0 spiro atoms. The highest BCUT2D eigenvalue weighted by Gasteiger charge is 2.48. The zero-order valence-electron chi connectivity index (χ0n) is 16.7. The minimum atomic E-state index is -4.33. The number of hydrogen-bond acceptors (Lipinski definition) is 3. The van der Waals surface area contributed by atoms with E-state index in [-0.39, 0.29) is 35.6 Å². The molecule has 0 unspecified atom stereocenters. The lowest BCUT2D eigenvalue weighted by atomic mass is 9.82. The van der Waals surface area contributed by atoms with Gasteiger partial charge in [0.05, 0.1) is 5.69 Å². The number of carbonyl (C=O) groups is 1. The van der Waals surface area contributed by atoms with E-state index in [1.807, 2.05) is 25.7 Å². The van der Waals surface area contributed by atoms with Crippen LogP contribution in [-0.4, -0.2) is 45.9 Å². The van der Waals surface area contributed by atoms with Gasteiger partial charge in [-0.2, -0.15) is 18.3 Å². The number of aromatic nitrogens is 2. The second-order valence-corrected chi connectivity index (χ2v) is 9.63. The summed E-state index contributed by atoms with van der Waals surface area (Å²) in [6.45, 7) is 7.21. The van der Waals surface area contributed by atoms with Crippen molar-refractivity contribution in [3.8, 4) is 0 Å². The first-order chi connectivity index (χ1) is 13.0. The van der Waals surface area contributed by atoms with Crippen LogP contribution in [0.15, 0.2) is 6.07 Å². The Morgan fingerprint density at radius 1 is 1.14 bits per heavy atom. The molecule has 0 radical (unpaired) electrons. The molecule has 8 heteroatoms. The average Bonchev–Trinajstić information content (AvgIpc) is 3.37. The van der Waals surface area contributed by atoms with Crippen LogP contribution >= 0.6 is 0 Å². The molecular weight excluding hydrogens is 369 g/mol. The molecule has 1 aliphatic carbocycles. The molecular formula is C20H29F3N4O. The number of fused-ring (bicyclic) bond motifs is 1. The lowest BCUT2D eigenvalue weighted by Crippen LogP contribution is -2.44. The number of hydrogen-bond donors (Lipinski definition) is 1. The first kappa shape index (κ1) is 19.6. The summed E-state index contributed by atoms with van der Waals surface area (Å²) in [5.41, 5.74) is 0.429. The van der Waals surface area contributed by atoms with Gasteiger partial charge in [-0.15, -0.1) is 0 Å². The quantitative estimate of drug-likeness (QED) is 0.807. The van der Waals surface area contributed by atoms with Gasteiger partial charge in [0.25, 0.3) is 0 Å². The zero-order valence-corrected chi connectivity index (χ0v) is 16.7. The fourth-order valence-corrected chi connectivity index (χ4v) is 4.35. The fourth-order valence-electron chi connectivity index (χ4n) is 4.35. The van der Waals surface area contributed by atoms with Crippen LogP contribution < -0.4 is 5.32 Å². The van der Waals surface area contributed by atoms with Crippen molar-refractivity contribution in [2.75, 3.05) is 18.4 Å². The SMILES string of the molecule is CC(C)(C)[C@@H]1C[C@H](C(F)(F)F)n2nc(C3CCN(C(=O)C4CC4)CC3)cc2N1. The minimum Gasteiger partial charge on any atom is -0.367 e. The maximum absolute atomic E-state index is 13.7. The molecule has 2 atom stereocenters. The standard InChI is InChI=1S/C20H29F3N4O/c1-19(2,3)15-11-16(20(21,22)23)27-17(24-15)10-14(25-27)12-6-8-26(9-7-12)18(28)13-4-5-13/h10,12-13,15-16,24H,4-9,11H2,1-3H3/t15-,16+/m0/s1. The number of piperidine rings is 1. The van der Waals surface area contributed by atoms with Gasteiger partial charge in [-0.1, -0.05) is 20.8 Å². The third-order valence-electron chi connectivity index (χ3n) is 6.41. The Labute approximate surface area is 163 Å². The van der Waals surface area contributed by atoms with Gasteiger partial charge in [-0.05, 0) is 37.5 Å². The first-order valence-corrected chi connectivity index (χ1v) is 10.3. The van der Waals surface area contributed by atoms with E-state index in [2.05, 4.69) is 10.4 Å². The number of likely N-dealkylation sites (tertiary alicyclic amines) is 1. The zero-order chi connectivity index (χ0) is 20.3. The van der Waals surface area contributed by atoms with Crippen LogP contribution in [0, 0.1) is 11.3 Å². The lowest BCUT2D eigenvalue weighted by molar-refractivity contribution is -0.175. The van der Waals surface area contributed by atoms with Crippen LogP contribution in [0.5, 0.6) is 0 Å². The molecule has 156 valence electrons. The molecule has 1 aromatic rings. The topological polar surface area (TPSA) is 50.2 Å². The van der Waals surface area contributed by atoms with Crippen molar-refractivity contribution in [3.63, 3.8) is 0 Å². The van der Waals surface area contributed by atoms with Gasteiger partial charge in [0.15, 0.2) is 6.04 Å². The third-order valence-corrected chi connectivity index (χ3v) is 6.41. The summed E-state index contributed by atoms with van der Waals surface area (Å²) in [5, 5.41) is 7.67. The molecule has 0 aromatic carbocycles. The average molecular weight is 398 g/mol. The van der Waals surface area contributed by atoms with Crippen LogP contribution in [0.1, 0.15) is 70.5 Å². The van der Waals surface area contributed by atoms with Gasteiger partial charge in [-0.3, -0.25) is 4.79 Å². The molecule has 1 N–H and O–H groups in total. The van der Waals surface area contributed by atoms with Gasteiger partial charge in [0.1, 0.15) is 5.82 Å². The van der Waals surface area contributed by atoms with Crippen molar-refractivity contribution >= 4 is 11.7 Å². The Bertz CT molecular complexity index is 740. The van der Waals surface area contributed by atoms with E-state index in [1.54, 1.807) is 6.07 Å². The lowest BCUT2D eigenvalue weighted by Gasteiger charge is -2.39. The van der Waals surface area contributed by atoms with Crippen molar-refractivity contribution < 1.29 is 18.0 Å². The summed E-state index contributed by atoms with van der Waals surface area (Å²) in [5.74, 6) is 1.02. The van der Waals surface area contributed by atoms with Crippen LogP contribution in [0.3, 0.4) is 0 Å². The van der Waals surface area contributed by atoms with E-state index in [9.17, 15) is 18.0 Å². The highest BCUT2D eigenvalue weighted by molar-refractivity contribution is 5.81. The maximum Gasteiger partial charge on any atom is 0.410 e. The maximum atomic E-state index is 13.7. The Morgan fingerprint density at radius 3 is 2.32 bits per heavy atom. The molecule has 3 aliphatic rings. The van der Waals surface area contributed by atoms with Crippen molar-refractivity contribution in [3.05, 3.63) is 11.8 Å². The number of halogens is 3. The summed E-state index contributed by atoms with van der Waals surface area (Å²) in [6.07, 6.45) is -0.848. The Morgan fingerprint density at radius 2 is 1.79 bits per heavy atom. The predicted molar refractivity (Wildman–Crippen MR) is 100 cm³/mol. The highest BCUT2D eigenvalue weighted by Crippen LogP contribution is 2.44. The fraction of sp³-hybridized carbons (Fsp3) is 0.800. The minimum absolute atomic E-state index is 0.0184. The summed E-state index contributed by atoms with van der Waals surface area (Å²) in [4.78, 5) is 14.1. The number of nitrogens with zero attached hydrogens (tertiary/aromatic N) is 3. The predicted octanol–water partition coefficient (Wildman–Crippen LogP) is 4.33. The number of alkyl halides is 3. The smallest absolute Gasteiger partial charge is 0.367 e. The molecule has 3 heterocycles. The molecule has 1 saturated heterocycles. The third kappa shape index (κ3) is 3.74. The number of amides is 1. The van der Waals surface area contributed by atoms with Crippen LogP contribution in [-0.2, 0) is 4.79 Å². The summed E-state index contributed by atoms with van der Waals surface area (Å²) < 4.78 is 42.3. The second kappa shape index (κ2) is 6.66. The van der Waals surface area contributed by atoms with E-state index in [1.165, 1.54) is 0 Å².